The molecule has 134 valence electrons. The van der Waals surface area contributed by atoms with Gasteiger partial charge in [0.2, 0.25) is 0 Å². The number of rotatable bonds is 5. The topological polar surface area (TPSA) is 53.9 Å². The minimum Gasteiger partial charge on any atom is -0.378 e. The van der Waals surface area contributed by atoms with Gasteiger partial charge in [0.25, 0.3) is 0 Å². The second-order valence-electron chi connectivity index (χ2n) is 6.70. The first-order valence-corrected chi connectivity index (χ1v) is 8.72. The fourth-order valence-corrected chi connectivity index (χ4v) is 2.77. The summed E-state index contributed by atoms with van der Waals surface area (Å²) in [7, 11) is 4.11. The summed E-state index contributed by atoms with van der Waals surface area (Å²) in [6.45, 7) is 6.94. The fourth-order valence-electron chi connectivity index (χ4n) is 2.77. The highest BCUT2D eigenvalue weighted by Gasteiger charge is 2.10. The highest BCUT2D eigenvalue weighted by molar-refractivity contribution is 5.59. The molecule has 0 saturated carbocycles. The molecule has 0 bridgehead atoms. The summed E-state index contributed by atoms with van der Waals surface area (Å²) in [6, 6.07) is 10.4. The van der Waals surface area contributed by atoms with Crippen LogP contribution in [-0.2, 0) is 6.54 Å². The second-order valence-corrected chi connectivity index (χ2v) is 6.70. The van der Waals surface area contributed by atoms with E-state index in [0.29, 0.717) is 0 Å². The molecule has 1 aromatic carbocycles. The molecule has 0 radical (unpaired) electrons. The minimum atomic E-state index is 0.720. The first-order valence-electron chi connectivity index (χ1n) is 8.72. The number of hydrogen-bond acceptors (Lipinski definition) is 5. The Labute approximate surface area is 155 Å². The molecule has 0 atom stereocenters. The van der Waals surface area contributed by atoms with Crippen molar-refractivity contribution in [2.24, 2.45) is 0 Å². The van der Waals surface area contributed by atoms with Crippen LogP contribution in [0.4, 0.5) is 11.5 Å². The average Bonchev–Trinajstić information content (AvgIpc) is 2.64. The van der Waals surface area contributed by atoms with Crippen LogP contribution in [0.5, 0.6) is 0 Å². The van der Waals surface area contributed by atoms with Gasteiger partial charge in [0.15, 0.2) is 5.82 Å². The number of benzene rings is 1. The first kappa shape index (κ1) is 17.9. The Hall–Kier alpha value is -2.95. The van der Waals surface area contributed by atoms with Crippen LogP contribution in [0.25, 0.3) is 11.4 Å². The number of pyridine rings is 1. The smallest absolute Gasteiger partial charge is 0.161 e. The number of anilines is 2. The van der Waals surface area contributed by atoms with E-state index in [-0.39, 0.29) is 0 Å². The highest BCUT2D eigenvalue weighted by Crippen LogP contribution is 2.23. The molecule has 0 amide bonds. The van der Waals surface area contributed by atoms with Gasteiger partial charge in [0, 0.05) is 55.5 Å². The summed E-state index contributed by atoms with van der Waals surface area (Å²) >= 11 is 0. The summed E-state index contributed by atoms with van der Waals surface area (Å²) in [4.78, 5) is 15.5. The van der Waals surface area contributed by atoms with Crippen LogP contribution < -0.4 is 10.2 Å². The van der Waals surface area contributed by atoms with E-state index in [1.54, 1.807) is 12.4 Å². The molecule has 3 aromatic rings. The molecular weight excluding hydrogens is 322 g/mol. The van der Waals surface area contributed by atoms with Crippen LogP contribution in [0.15, 0.2) is 42.7 Å². The van der Waals surface area contributed by atoms with Crippen LogP contribution >= 0.6 is 0 Å². The van der Waals surface area contributed by atoms with E-state index in [2.05, 4.69) is 66.3 Å². The molecule has 0 saturated heterocycles. The number of nitrogens with one attached hydrogen (secondary N) is 1. The first-order chi connectivity index (χ1) is 12.5. The molecule has 0 aliphatic rings. The zero-order valence-electron chi connectivity index (χ0n) is 16.0. The lowest BCUT2D eigenvalue weighted by atomic mass is 10.1. The Morgan fingerprint density at radius 3 is 2.35 bits per heavy atom. The Balaban J connectivity index is 1.85. The molecule has 0 aliphatic carbocycles. The summed E-state index contributed by atoms with van der Waals surface area (Å²) in [6.07, 6.45) is 3.52. The lowest BCUT2D eigenvalue weighted by molar-refractivity contribution is 1.02. The van der Waals surface area contributed by atoms with E-state index in [0.717, 1.165) is 35.0 Å². The molecule has 0 fully saturated rings. The minimum absolute atomic E-state index is 0.720. The van der Waals surface area contributed by atoms with Gasteiger partial charge in [-0.3, -0.25) is 4.98 Å². The maximum Gasteiger partial charge on any atom is 0.161 e. The molecule has 5 heteroatoms. The molecule has 2 heterocycles. The van der Waals surface area contributed by atoms with E-state index in [4.69, 9.17) is 4.98 Å². The van der Waals surface area contributed by atoms with Crippen molar-refractivity contribution in [1.29, 1.82) is 0 Å². The Morgan fingerprint density at radius 2 is 1.69 bits per heavy atom. The van der Waals surface area contributed by atoms with Gasteiger partial charge in [-0.25, -0.2) is 9.97 Å². The third kappa shape index (κ3) is 3.82. The van der Waals surface area contributed by atoms with Crippen LogP contribution in [0.1, 0.15) is 22.4 Å². The summed E-state index contributed by atoms with van der Waals surface area (Å²) in [5, 5.41) is 3.49. The van der Waals surface area contributed by atoms with Gasteiger partial charge in [0.05, 0.1) is 0 Å². The van der Waals surface area contributed by atoms with E-state index < -0.39 is 0 Å². The maximum atomic E-state index is 4.74. The number of nitrogens with zero attached hydrogens (tertiary/aromatic N) is 4. The van der Waals surface area contributed by atoms with Gasteiger partial charge in [-0.1, -0.05) is 6.07 Å². The monoisotopic (exact) mass is 347 g/mol. The molecule has 5 nitrogen and oxygen atoms in total. The largest absolute Gasteiger partial charge is 0.378 e. The molecular formula is C21H25N5. The van der Waals surface area contributed by atoms with Crippen molar-refractivity contribution in [3.05, 3.63) is 65.1 Å². The lowest BCUT2D eigenvalue weighted by Gasteiger charge is -2.16. The van der Waals surface area contributed by atoms with Crippen molar-refractivity contribution in [1.82, 2.24) is 15.0 Å². The van der Waals surface area contributed by atoms with Crippen molar-refractivity contribution in [3.63, 3.8) is 0 Å². The molecule has 0 aliphatic heterocycles. The average molecular weight is 347 g/mol. The zero-order chi connectivity index (χ0) is 18.7. The molecule has 0 unspecified atom stereocenters. The predicted molar refractivity (Wildman–Crippen MR) is 108 cm³/mol. The van der Waals surface area contributed by atoms with Crippen molar-refractivity contribution in [3.8, 4) is 11.4 Å². The Morgan fingerprint density at radius 1 is 0.962 bits per heavy atom. The van der Waals surface area contributed by atoms with E-state index >= 15 is 0 Å². The zero-order valence-corrected chi connectivity index (χ0v) is 16.0. The molecule has 1 N–H and O–H groups in total. The van der Waals surface area contributed by atoms with Crippen LogP contribution in [0.3, 0.4) is 0 Å². The van der Waals surface area contributed by atoms with Crippen LogP contribution in [0, 0.1) is 20.8 Å². The van der Waals surface area contributed by atoms with Crippen LogP contribution in [-0.4, -0.2) is 29.0 Å². The lowest BCUT2D eigenvalue weighted by Crippen LogP contribution is -2.10. The van der Waals surface area contributed by atoms with Crippen LogP contribution in [0.2, 0.25) is 0 Å². The van der Waals surface area contributed by atoms with E-state index in [1.165, 1.54) is 16.8 Å². The van der Waals surface area contributed by atoms with Gasteiger partial charge in [0.1, 0.15) is 5.82 Å². The van der Waals surface area contributed by atoms with Crippen molar-refractivity contribution >= 4 is 11.5 Å². The highest BCUT2D eigenvalue weighted by atomic mass is 15.1. The van der Waals surface area contributed by atoms with Gasteiger partial charge >= 0.3 is 0 Å². The van der Waals surface area contributed by atoms with Crippen molar-refractivity contribution in [2.45, 2.75) is 27.3 Å². The van der Waals surface area contributed by atoms with Gasteiger partial charge in [-0.05, 0) is 56.2 Å². The standard InChI is InChI=1S/C21H25N5/c1-14-12-19(26(4)5)7-6-18(14)13-23-20-15(2)16(3)24-21(25-20)17-8-10-22-11-9-17/h6-12H,13H2,1-5H3,(H,23,24,25). The Bertz CT molecular complexity index is 904. The molecule has 3 rings (SSSR count). The third-order valence-corrected chi connectivity index (χ3v) is 4.62. The molecule has 2 aromatic heterocycles. The summed E-state index contributed by atoms with van der Waals surface area (Å²) in [5.41, 5.74) is 6.76. The predicted octanol–water partition coefficient (Wildman–Crippen LogP) is 4.14. The SMILES string of the molecule is Cc1cc(N(C)C)ccc1CNc1nc(-c2ccncc2)nc(C)c1C. The summed E-state index contributed by atoms with van der Waals surface area (Å²) < 4.78 is 0. The van der Waals surface area contributed by atoms with E-state index in [1.807, 2.05) is 19.1 Å². The third-order valence-electron chi connectivity index (χ3n) is 4.62. The van der Waals surface area contributed by atoms with Gasteiger partial charge < -0.3 is 10.2 Å². The van der Waals surface area contributed by atoms with Crippen molar-refractivity contribution < 1.29 is 0 Å². The number of aromatic nitrogens is 3. The van der Waals surface area contributed by atoms with E-state index in [9.17, 15) is 0 Å². The second kappa shape index (κ2) is 7.52. The number of aryl methyl sites for hydroxylation is 2. The van der Waals surface area contributed by atoms with Gasteiger partial charge in [-0.15, -0.1) is 0 Å². The normalized spacial score (nSPS) is 10.7. The van der Waals surface area contributed by atoms with Crippen molar-refractivity contribution in [2.75, 3.05) is 24.3 Å². The summed E-state index contributed by atoms with van der Waals surface area (Å²) in [5.74, 6) is 1.60. The van der Waals surface area contributed by atoms with Gasteiger partial charge in [-0.2, -0.15) is 0 Å². The molecule has 26 heavy (non-hydrogen) atoms. The maximum absolute atomic E-state index is 4.74. The number of hydrogen-bond donors (Lipinski definition) is 1. The molecule has 0 spiro atoms. The quantitative estimate of drug-likeness (QED) is 0.752. The fraction of sp³-hybridized carbons (Fsp3) is 0.286. The Kier molecular flexibility index (Phi) is 5.16.